The van der Waals surface area contributed by atoms with Gasteiger partial charge in [0.1, 0.15) is 5.75 Å². The normalized spacial score (nSPS) is 11.9. The third kappa shape index (κ3) is 4.83. The highest BCUT2D eigenvalue weighted by Gasteiger charge is 2.24. The number of carbonyl (C=O) groups is 1. The number of ether oxygens (including phenoxy) is 1. The van der Waals surface area contributed by atoms with Crippen LogP contribution in [-0.2, 0) is 13.1 Å². The van der Waals surface area contributed by atoms with Crippen molar-refractivity contribution in [1.82, 2.24) is 9.47 Å². The zero-order valence-corrected chi connectivity index (χ0v) is 17.9. The summed E-state index contributed by atoms with van der Waals surface area (Å²) < 4.78 is 7.56. The number of nitrogens with zero attached hydrogens (tertiary/aromatic N) is 2. The molecule has 1 amide bonds. The van der Waals surface area contributed by atoms with E-state index in [1.807, 2.05) is 65.7 Å². The first-order valence-electron chi connectivity index (χ1n) is 9.86. The van der Waals surface area contributed by atoms with Crippen molar-refractivity contribution in [1.29, 1.82) is 0 Å². The molecule has 29 heavy (non-hydrogen) atoms. The van der Waals surface area contributed by atoms with E-state index in [4.69, 9.17) is 16.3 Å². The summed E-state index contributed by atoms with van der Waals surface area (Å²) in [5.41, 5.74) is 2.70. The highest BCUT2D eigenvalue weighted by Crippen LogP contribution is 2.24. The third-order valence-electron chi connectivity index (χ3n) is 5.28. The van der Waals surface area contributed by atoms with Gasteiger partial charge in [0.15, 0.2) is 0 Å². The van der Waals surface area contributed by atoms with Crippen molar-refractivity contribution in [3.63, 3.8) is 0 Å². The van der Waals surface area contributed by atoms with Gasteiger partial charge >= 0.3 is 0 Å². The highest BCUT2D eigenvalue weighted by atomic mass is 35.5. The number of hydrogen-bond donors (Lipinski definition) is 0. The molecule has 0 fully saturated rings. The molecule has 1 atom stereocenters. The second kappa shape index (κ2) is 9.66. The van der Waals surface area contributed by atoms with Crippen LogP contribution in [0.1, 0.15) is 41.9 Å². The van der Waals surface area contributed by atoms with E-state index >= 15 is 0 Å². The number of amides is 1. The SMILES string of the molecule is CC[C@@H](C)N(Cc1cccn1Cc1ccccc1Cl)C(=O)c1ccccc1OC. The summed E-state index contributed by atoms with van der Waals surface area (Å²) in [7, 11) is 1.59. The summed E-state index contributed by atoms with van der Waals surface area (Å²) in [6.45, 7) is 5.35. The Morgan fingerprint density at radius 2 is 1.83 bits per heavy atom. The van der Waals surface area contributed by atoms with Gasteiger partial charge in [-0.05, 0) is 49.2 Å². The molecule has 0 spiro atoms. The summed E-state index contributed by atoms with van der Waals surface area (Å²) in [6, 6.07) is 19.4. The van der Waals surface area contributed by atoms with E-state index in [2.05, 4.69) is 24.5 Å². The number of aromatic nitrogens is 1. The van der Waals surface area contributed by atoms with Crippen LogP contribution in [0, 0.1) is 0 Å². The maximum atomic E-state index is 13.4. The highest BCUT2D eigenvalue weighted by molar-refractivity contribution is 6.31. The molecule has 3 rings (SSSR count). The number of methoxy groups -OCH3 is 1. The van der Waals surface area contributed by atoms with Gasteiger partial charge in [-0.2, -0.15) is 0 Å². The van der Waals surface area contributed by atoms with Crippen LogP contribution in [0.4, 0.5) is 0 Å². The number of hydrogen-bond acceptors (Lipinski definition) is 2. The number of para-hydroxylation sites is 1. The molecule has 5 heteroatoms. The van der Waals surface area contributed by atoms with Crippen molar-refractivity contribution in [2.45, 2.75) is 39.4 Å². The summed E-state index contributed by atoms with van der Waals surface area (Å²) in [6.07, 6.45) is 2.90. The first kappa shape index (κ1) is 21.0. The quantitative estimate of drug-likeness (QED) is 0.481. The number of rotatable bonds is 8. The molecule has 0 unspecified atom stereocenters. The molecule has 4 nitrogen and oxygen atoms in total. The van der Waals surface area contributed by atoms with Crippen LogP contribution in [0.5, 0.6) is 5.75 Å². The first-order chi connectivity index (χ1) is 14.0. The summed E-state index contributed by atoms with van der Waals surface area (Å²) in [5.74, 6) is 0.569. The molecule has 0 aliphatic carbocycles. The molecule has 3 aromatic rings. The minimum Gasteiger partial charge on any atom is -0.496 e. The standard InChI is InChI=1S/C24H27ClN2O2/c1-4-18(2)27(24(28)21-12-6-8-14-23(21)29-3)17-20-11-9-15-26(20)16-19-10-5-7-13-22(19)25/h5-15,18H,4,16-17H2,1-3H3/t18-/m1/s1. The minimum atomic E-state index is -0.0257. The van der Waals surface area contributed by atoms with Crippen molar-refractivity contribution >= 4 is 17.5 Å². The van der Waals surface area contributed by atoms with Gasteiger partial charge in [-0.1, -0.05) is 48.9 Å². The zero-order chi connectivity index (χ0) is 20.8. The molecule has 152 valence electrons. The molecule has 0 N–H and O–H groups in total. The molecule has 1 heterocycles. The Kier molecular flexibility index (Phi) is 6.99. The van der Waals surface area contributed by atoms with Crippen molar-refractivity contribution in [2.75, 3.05) is 7.11 Å². The Labute approximate surface area is 177 Å². The fourth-order valence-corrected chi connectivity index (χ4v) is 3.55. The van der Waals surface area contributed by atoms with Crippen molar-refractivity contribution in [3.05, 3.63) is 88.7 Å². The second-order valence-electron chi connectivity index (χ2n) is 7.11. The Bertz CT molecular complexity index is 967. The van der Waals surface area contributed by atoms with Gasteiger partial charge < -0.3 is 14.2 Å². The number of halogens is 1. The van der Waals surface area contributed by atoms with Gasteiger partial charge in [-0.3, -0.25) is 4.79 Å². The smallest absolute Gasteiger partial charge is 0.258 e. The molecule has 0 aliphatic heterocycles. The summed E-state index contributed by atoms with van der Waals surface area (Å²) in [4.78, 5) is 15.3. The van der Waals surface area contributed by atoms with E-state index < -0.39 is 0 Å². The van der Waals surface area contributed by atoms with Crippen LogP contribution in [0.2, 0.25) is 5.02 Å². The van der Waals surface area contributed by atoms with Gasteiger partial charge in [-0.25, -0.2) is 0 Å². The predicted octanol–water partition coefficient (Wildman–Crippen LogP) is 5.64. The molecule has 0 saturated carbocycles. The minimum absolute atomic E-state index is 0.0257. The lowest BCUT2D eigenvalue weighted by Crippen LogP contribution is -2.38. The average Bonchev–Trinajstić information content (AvgIpc) is 3.19. The van der Waals surface area contributed by atoms with E-state index in [0.717, 1.165) is 22.7 Å². The van der Waals surface area contributed by atoms with E-state index in [1.165, 1.54) is 0 Å². The van der Waals surface area contributed by atoms with E-state index in [0.29, 0.717) is 24.4 Å². The van der Waals surface area contributed by atoms with Crippen LogP contribution < -0.4 is 4.74 Å². The van der Waals surface area contributed by atoms with Gasteiger partial charge in [-0.15, -0.1) is 0 Å². The average molecular weight is 411 g/mol. The fraction of sp³-hybridized carbons (Fsp3) is 0.292. The van der Waals surface area contributed by atoms with Crippen LogP contribution in [-0.4, -0.2) is 28.5 Å². The summed E-state index contributed by atoms with van der Waals surface area (Å²) in [5, 5.41) is 0.746. The molecule has 2 aromatic carbocycles. The zero-order valence-electron chi connectivity index (χ0n) is 17.1. The largest absolute Gasteiger partial charge is 0.496 e. The van der Waals surface area contributed by atoms with Crippen LogP contribution >= 0.6 is 11.6 Å². The maximum absolute atomic E-state index is 13.4. The van der Waals surface area contributed by atoms with Crippen molar-refractivity contribution in [3.8, 4) is 5.75 Å². The van der Waals surface area contributed by atoms with E-state index in [9.17, 15) is 4.79 Å². The van der Waals surface area contributed by atoms with E-state index in [-0.39, 0.29) is 11.9 Å². The molecule has 0 aliphatic rings. The molecule has 0 bridgehead atoms. The lowest BCUT2D eigenvalue weighted by atomic mass is 10.1. The number of benzene rings is 2. The van der Waals surface area contributed by atoms with Gasteiger partial charge in [0.05, 0.1) is 19.2 Å². The number of carbonyl (C=O) groups excluding carboxylic acids is 1. The Morgan fingerprint density at radius 1 is 1.10 bits per heavy atom. The lowest BCUT2D eigenvalue weighted by molar-refractivity contribution is 0.0663. The van der Waals surface area contributed by atoms with Crippen LogP contribution in [0.15, 0.2) is 66.9 Å². The Balaban J connectivity index is 1.88. The predicted molar refractivity (Wildman–Crippen MR) is 118 cm³/mol. The van der Waals surface area contributed by atoms with Gasteiger partial charge in [0.25, 0.3) is 5.91 Å². The lowest BCUT2D eigenvalue weighted by Gasteiger charge is -2.30. The third-order valence-corrected chi connectivity index (χ3v) is 5.64. The molecule has 1 aromatic heterocycles. The summed E-state index contributed by atoms with van der Waals surface area (Å²) >= 11 is 6.34. The van der Waals surface area contributed by atoms with Gasteiger partial charge in [0, 0.05) is 29.5 Å². The van der Waals surface area contributed by atoms with Crippen LogP contribution in [0.3, 0.4) is 0 Å². The molecular formula is C24H27ClN2O2. The monoisotopic (exact) mass is 410 g/mol. The molecule has 0 saturated heterocycles. The van der Waals surface area contributed by atoms with E-state index in [1.54, 1.807) is 7.11 Å². The van der Waals surface area contributed by atoms with Gasteiger partial charge in [0.2, 0.25) is 0 Å². The topological polar surface area (TPSA) is 34.5 Å². The van der Waals surface area contributed by atoms with Crippen LogP contribution in [0.25, 0.3) is 0 Å². The molecular weight excluding hydrogens is 384 g/mol. The maximum Gasteiger partial charge on any atom is 0.258 e. The molecule has 0 radical (unpaired) electrons. The van der Waals surface area contributed by atoms with Crippen molar-refractivity contribution < 1.29 is 9.53 Å². The fourth-order valence-electron chi connectivity index (χ4n) is 3.36. The Morgan fingerprint density at radius 3 is 2.55 bits per heavy atom. The first-order valence-corrected chi connectivity index (χ1v) is 10.2. The Hall–Kier alpha value is -2.72. The second-order valence-corrected chi connectivity index (χ2v) is 7.52. The van der Waals surface area contributed by atoms with Crippen molar-refractivity contribution in [2.24, 2.45) is 0 Å².